The van der Waals surface area contributed by atoms with Gasteiger partial charge in [0.1, 0.15) is 11.9 Å². The van der Waals surface area contributed by atoms with E-state index in [1.807, 2.05) is 53.2 Å². The zero-order chi connectivity index (χ0) is 22.5. The number of hydrogen-bond acceptors (Lipinski definition) is 6. The topological polar surface area (TPSA) is 63.0 Å². The maximum atomic E-state index is 14.3. The monoisotopic (exact) mass is 443 g/mol. The lowest BCUT2D eigenvalue weighted by Crippen LogP contribution is -2.48. The van der Waals surface area contributed by atoms with Crippen molar-refractivity contribution in [2.45, 2.75) is 19.0 Å². The zero-order valence-electron chi connectivity index (χ0n) is 18.3. The first-order valence-electron chi connectivity index (χ1n) is 11.2. The number of tetrazole rings is 1. The van der Waals surface area contributed by atoms with Crippen LogP contribution in [-0.4, -0.2) is 56.3 Å². The van der Waals surface area contributed by atoms with Crippen LogP contribution in [0.5, 0.6) is 0 Å². The molecule has 0 saturated carbocycles. The van der Waals surface area contributed by atoms with Gasteiger partial charge in [-0.15, -0.1) is 5.10 Å². The van der Waals surface area contributed by atoms with Crippen molar-refractivity contribution in [3.05, 3.63) is 102 Å². The summed E-state index contributed by atoms with van der Waals surface area (Å²) in [5.74, 6) is 0.598. The van der Waals surface area contributed by atoms with Gasteiger partial charge in [-0.2, -0.15) is 0 Å². The number of rotatable bonds is 7. The van der Waals surface area contributed by atoms with Crippen molar-refractivity contribution >= 4 is 5.69 Å². The van der Waals surface area contributed by atoms with Crippen LogP contribution in [0, 0.1) is 5.82 Å². The van der Waals surface area contributed by atoms with Gasteiger partial charge < -0.3 is 4.90 Å². The predicted molar refractivity (Wildman–Crippen MR) is 124 cm³/mol. The van der Waals surface area contributed by atoms with Crippen LogP contribution in [0.2, 0.25) is 0 Å². The highest BCUT2D eigenvalue weighted by molar-refractivity contribution is 5.48. The molecule has 0 spiro atoms. The molecule has 0 bridgehead atoms. The number of pyridine rings is 1. The van der Waals surface area contributed by atoms with Crippen molar-refractivity contribution in [3.63, 3.8) is 0 Å². The number of para-hydroxylation sites is 1. The molecule has 5 rings (SSSR count). The lowest BCUT2D eigenvalue weighted by atomic mass is 10.1. The van der Waals surface area contributed by atoms with Crippen LogP contribution in [0.25, 0.3) is 0 Å². The minimum Gasteiger partial charge on any atom is -0.367 e. The Kier molecular flexibility index (Phi) is 6.34. The van der Waals surface area contributed by atoms with E-state index in [0.717, 1.165) is 44.1 Å². The number of piperazine rings is 1. The first kappa shape index (κ1) is 21.2. The van der Waals surface area contributed by atoms with E-state index in [9.17, 15) is 4.39 Å². The van der Waals surface area contributed by atoms with E-state index in [2.05, 4.69) is 42.4 Å². The molecule has 1 saturated heterocycles. The molecule has 2 aromatic heterocycles. The SMILES string of the molecule is Fc1ccccc1N1CCN([C@H](c2ccccn2)c2nnnn2CCc2ccccc2)CC1. The fourth-order valence-corrected chi connectivity index (χ4v) is 4.40. The predicted octanol–water partition coefficient (Wildman–Crippen LogP) is 3.36. The summed E-state index contributed by atoms with van der Waals surface area (Å²) >= 11 is 0. The van der Waals surface area contributed by atoms with E-state index in [-0.39, 0.29) is 11.9 Å². The molecule has 1 atom stereocenters. The summed E-state index contributed by atoms with van der Waals surface area (Å²) < 4.78 is 16.2. The van der Waals surface area contributed by atoms with E-state index in [4.69, 9.17) is 0 Å². The van der Waals surface area contributed by atoms with Crippen molar-refractivity contribution in [2.24, 2.45) is 0 Å². The zero-order valence-corrected chi connectivity index (χ0v) is 18.3. The van der Waals surface area contributed by atoms with E-state index < -0.39 is 0 Å². The van der Waals surface area contributed by atoms with Crippen molar-refractivity contribution in [3.8, 4) is 0 Å². The first-order valence-corrected chi connectivity index (χ1v) is 11.2. The number of halogens is 1. The van der Waals surface area contributed by atoms with Crippen LogP contribution in [0.3, 0.4) is 0 Å². The Morgan fingerprint density at radius 1 is 0.848 bits per heavy atom. The van der Waals surface area contributed by atoms with Gasteiger partial charge in [0.25, 0.3) is 0 Å². The molecule has 3 heterocycles. The molecule has 0 unspecified atom stereocenters. The van der Waals surface area contributed by atoms with Crippen LogP contribution in [0.4, 0.5) is 10.1 Å². The third kappa shape index (κ3) is 4.75. The summed E-state index contributed by atoms with van der Waals surface area (Å²) in [4.78, 5) is 9.07. The summed E-state index contributed by atoms with van der Waals surface area (Å²) in [6.07, 6.45) is 2.64. The highest BCUT2D eigenvalue weighted by atomic mass is 19.1. The third-order valence-electron chi connectivity index (χ3n) is 6.10. The summed E-state index contributed by atoms with van der Waals surface area (Å²) in [7, 11) is 0. The van der Waals surface area contributed by atoms with Gasteiger partial charge in [0.05, 0.1) is 11.4 Å². The lowest BCUT2D eigenvalue weighted by molar-refractivity contribution is 0.197. The molecule has 2 aromatic carbocycles. The number of aromatic nitrogens is 5. The molecule has 1 fully saturated rings. The Bertz CT molecular complexity index is 1160. The molecule has 1 aliphatic rings. The van der Waals surface area contributed by atoms with Gasteiger partial charge in [0, 0.05) is 38.9 Å². The van der Waals surface area contributed by atoms with Crippen molar-refractivity contribution < 1.29 is 4.39 Å². The van der Waals surface area contributed by atoms with Gasteiger partial charge in [-0.25, -0.2) is 9.07 Å². The number of hydrogen-bond donors (Lipinski definition) is 0. The number of anilines is 1. The second-order valence-corrected chi connectivity index (χ2v) is 8.13. The van der Waals surface area contributed by atoms with Crippen LogP contribution in [0.1, 0.15) is 23.1 Å². The van der Waals surface area contributed by atoms with Gasteiger partial charge in [0.2, 0.25) is 0 Å². The molecule has 4 aromatic rings. The summed E-state index contributed by atoms with van der Waals surface area (Å²) in [6.45, 7) is 3.62. The van der Waals surface area contributed by atoms with Gasteiger partial charge in [0.15, 0.2) is 5.82 Å². The molecular weight excluding hydrogens is 417 g/mol. The number of benzene rings is 2. The average Bonchev–Trinajstić information content (AvgIpc) is 3.33. The number of aryl methyl sites for hydroxylation is 2. The van der Waals surface area contributed by atoms with Gasteiger partial charge in [-0.05, 0) is 46.7 Å². The minimum atomic E-state index is -0.183. The highest BCUT2D eigenvalue weighted by Gasteiger charge is 2.31. The molecule has 8 heteroatoms. The summed E-state index contributed by atoms with van der Waals surface area (Å²) in [5, 5.41) is 12.7. The molecule has 0 radical (unpaired) electrons. The second-order valence-electron chi connectivity index (χ2n) is 8.13. The van der Waals surface area contributed by atoms with E-state index in [1.54, 1.807) is 12.3 Å². The van der Waals surface area contributed by atoms with Gasteiger partial charge in [-0.3, -0.25) is 9.88 Å². The van der Waals surface area contributed by atoms with Crippen LogP contribution in [-0.2, 0) is 13.0 Å². The Labute approximate surface area is 192 Å². The van der Waals surface area contributed by atoms with E-state index in [1.165, 1.54) is 11.6 Å². The molecular formula is C25H26FN7. The molecule has 0 amide bonds. The van der Waals surface area contributed by atoms with E-state index in [0.29, 0.717) is 12.2 Å². The van der Waals surface area contributed by atoms with Crippen LogP contribution >= 0.6 is 0 Å². The Morgan fingerprint density at radius 3 is 2.36 bits per heavy atom. The molecule has 0 N–H and O–H groups in total. The van der Waals surface area contributed by atoms with Crippen LogP contribution < -0.4 is 4.90 Å². The lowest BCUT2D eigenvalue weighted by Gasteiger charge is -2.39. The summed E-state index contributed by atoms with van der Waals surface area (Å²) in [5.41, 5.74) is 2.80. The standard InChI is InChI=1S/C25H26FN7/c26-21-10-4-5-12-23(21)31-16-18-32(19-17-31)24(22-11-6-7-14-27-22)25-28-29-30-33(25)15-13-20-8-2-1-3-9-20/h1-12,14,24H,13,15-19H2/t24-/m1/s1. The van der Waals surface area contributed by atoms with Gasteiger partial charge >= 0.3 is 0 Å². The maximum absolute atomic E-state index is 14.3. The largest absolute Gasteiger partial charge is 0.367 e. The highest BCUT2D eigenvalue weighted by Crippen LogP contribution is 2.28. The normalized spacial score (nSPS) is 15.5. The fourth-order valence-electron chi connectivity index (χ4n) is 4.40. The Balaban J connectivity index is 1.37. The molecule has 168 valence electrons. The molecule has 1 aliphatic heterocycles. The Morgan fingerprint density at radius 2 is 1.61 bits per heavy atom. The molecule has 33 heavy (non-hydrogen) atoms. The van der Waals surface area contributed by atoms with Crippen LogP contribution in [0.15, 0.2) is 79.0 Å². The third-order valence-corrected chi connectivity index (χ3v) is 6.10. The van der Waals surface area contributed by atoms with E-state index >= 15 is 0 Å². The Hall–Kier alpha value is -3.65. The molecule has 7 nitrogen and oxygen atoms in total. The minimum absolute atomic E-state index is 0.167. The number of nitrogens with zero attached hydrogens (tertiary/aromatic N) is 7. The van der Waals surface area contributed by atoms with Gasteiger partial charge in [-0.1, -0.05) is 48.5 Å². The fraction of sp³-hybridized carbons (Fsp3) is 0.280. The van der Waals surface area contributed by atoms with Crippen molar-refractivity contribution in [1.82, 2.24) is 30.1 Å². The smallest absolute Gasteiger partial charge is 0.174 e. The van der Waals surface area contributed by atoms with Crippen molar-refractivity contribution in [1.29, 1.82) is 0 Å². The second kappa shape index (κ2) is 9.87. The average molecular weight is 444 g/mol. The first-order chi connectivity index (χ1) is 16.3. The van der Waals surface area contributed by atoms with Crippen molar-refractivity contribution in [2.75, 3.05) is 31.1 Å². The maximum Gasteiger partial charge on any atom is 0.174 e. The summed E-state index contributed by atoms with van der Waals surface area (Å²) in [6, 6.07) is 23.0. The molecule has 0 aliphatic carbocycles. The quantitative estimate of drug-likeness (QED) is 0.437.